The molecule has 0 saturated carbocycles. The Kier molecular flexibility index (Phi) is 4.03. The zero-order valence-electron chi connectivity index (χ0n) is 5.56. The Morgan fingerprint density at radius 3 is 2.75 bits per heavy atom. The van der Waals surface area contributed by atoms with Gasteiger partial charge in [-0.05, 0) is 13.8 Å². The SMILES string of the molecule is CCO/N=C(/C)NC. The summed E-state index contributed by atoms with van der Waals surface area (Å²) < 4.78 is 0. The maximum atomic E-state index is 4.71. The molecule has 3 nitrogen and oxygen atoms in total. The van der Waals surface area contributed by atoms with Gasteiger partial charge < -0.3 is 10.2 Å². The van der Waals surface area contributed by atoms with Gasteiger partial charge in [0, 0.05) is 7.05 Å². The summed E-state index contributed by atoms with van der Waals surface area (Å²) in [7, 11) is 1.80. The van der Waals surface area contributed by atoms with Crippen LogP contribution in [0.15, 0.2) is 5.16 Å². The standard InChI is InChI=1S/C5H12N2O/c1-4-8-7-5(2)6-3/h4H2,1-3H3,(H,6,7). The maximum absolute atomic E-state index is 4.71. The van der Waals surface area contributed by atoms with Crippen LogP contribution in [-0.4, -0.2) is 19.5 Å². The number of hydrogen-bond donors (Lipinski definition) is 1. The Bertz CT molecular complexity index is 80.5. The topological polar surface area (TPSA) is 33.6 Å². The van der Waals surface area contributed by atoms with E-state index in [4.69, 9.17) is 4.84 Å². The molecule has 0 spiro atoms. The monoisotopic (exact) mass is 116 g/mol. The van der Waals surface area contributed by atoms with Crippen LogP contribution in [0.3, 0.4) is 0 Å². The van der Waals surface area contributed by atoms with Gasteiger partial charge in [-0.1, -0.05) is 5.16 Å². The summed E-state index contributed by atoms with van der Waals surface area (Å²) in [6.07, 6.45) is 0. The second-order valence-electron chi connectivity index (χ2n) is 1.34. The molecule has 0 aliphatic heterocycles. The van der Waals surface area contributed by atoms with E-state index in [0.717, 1.165) is 5.84 Å². The van der Waals surface area contributed by atoms with Crippen LogP contribution < -0.4 is 5.32 Å². The Hall–Kier alpha value is -0.730. The lowest BCUT2D eigenvalue weighted by Crippen LogP contribution is -2.13. The highest BCUT2D eigenvalue weighted by atomic mass is 16.6. The molecule has 0 radical (unpaired) electrons. The maximum Gasteiger partial charge on any atom is 0.138 e. The zero-order chi connectivity index (χ0) is 6.41. The van der Waals surface area contributed by atoms with Gasteiger partial charge in [-0.25, -0.2) is 0 Å². The fraction of sp³-hybridized carbons (Fsp3) is 0.800. The average Bonchev–Trinajstić information content (AvgIpc) is 1.83. The molecule has 0 aromatic rings. The van der Waals surface area contributed by atoms with Gasteiger partial charge in [0.2, 0.25) is 0 Å². The van der Waals surface area contributed by atoms with Crippen LogP contribution in [0.4, 0.5) is 0 Å². The number of nitrogens with one attached hydrogen (secondary N) is 1. The zero-order valence-corrected chi connectivity index (χ0v) is 5.56. The molecule has 0 atom stereocenters. The normalized spacial score (nSPS) is 11.1. The number of rotatable bonds is 2. The molecular weight excluding hydrogens is 104 g/mol. The van der Waals surface area contributed by atoms with Crippen LogP contribution in [0.1, 0.15) is 13.8 Å². The summed E-state index contributed by atoms with van der Waals surface area (Å²) >= 11 is 0. The van der Waals surface area contributed by atoms with Gasteiger partial charge in [0.1, 0.15) is 12.4 Å². The molecule has 1 N–H and O–H groups in total. The minimum absolute atomic E-state index is 0.624. The van der Waals surface area contributed by atoms with Crippen molar-refractivity contribution in [2.45, 2.75) is 13.8 Å². The average molecular weight is 116 g/mol. The first-order chi connectivity index (χ1) is 3.81. The van der Waals surface area contributed by atoms with Crippen LogP contribution in [0, 0.1) is 0 Å². The van der Waals surface area contributed by atoms with Crippen LogP contribution in [0.2, 0.25) is 0 Å². The second kappa shape index (κ2) is 4.43. The van der Waals surface area contributed by atoms with Gasteiger partial charge in [0.15, 0.2) is 0 Å². The van der Waals surface area contributed by atoms with E-state index < -0.39 is 0 Å². The second-order valence-corrected chi connectivity index (χ2v) is 1.34. The summed E-state index contributed by atoms with van der Waals surface area (Å²) in [5.74, 6) is 0.798. The predicted octanol–water partition coefficient (Wildman–Crippen LogP) is 0.576. The number of hydrogen-bond acceptors (Lipinski definition) is 2. The third-order valence-electron chi connectivity index (χ3n) is 0.692. The van der Waals surface area contributed by atoms with Crippen LogP contribution in [0.5, 0.6) is 0 Å². The molecule has 3 heteroatoms. The van der Waals surface area contributed by atoms with Gasteiger partial charge >= 0.3 is 0 Å². The largest absolute Gasteiger partial charge is 0.395 e. The number of nitrogens with zero attached hydrogens (tertiary/aromatic N) is 1. The molecule has 0 heterocycles. The number of oxime groups is 1. The third-order valence-corrected chi connectivity index (χ3v) is 0.692. The first-order valence-electron chi connectivity index (χ1n) is 2.65. The van der Waals surface area contributed by atoms with Crippen molar-refractivity contribution in [2.24, 2.45) is 5.16 Å². The Balaban J connectivity index is 3.26. The summed E-state index contributed by atoms with van der Waals surface area (Å²) in [6, 6.07) is 0. The smallest absolute Gasteiger partial charge is 0.138 e. The van der Waals surface area contributed by atoms with E-state index >= 15 is 0 Å². The molecule has 0 bridgehead atoms. The van der Waals surface area contributed by atoms with Crippen molar-refractivity contribution >= 4 is 5.84 Å². The van der Waals surface area contributed by atoms with E-state index in [1.54, 1.807) is 7.05 Å². The molecule has 0 aromatic heterocycles. The highest BCUT2D eigenvalue weighted by Gasteiger charge is 1.79. The molecule has 0 fully saturated rings. The van der Waals surface area contributed by atoms with E-state index in [9.17, 15) is 0 Å². The first-order valence-corrected chi connectivity index (χ1v) is 2.65. The highest BCUT2D eigenvalue weighted by molar-refractivity contribution is 5.78. The summed E-state index contributed by atoms with van der Waals surface area (Å²) in [6.45, 7) is 4.36. The first kappa shape index (κ1) is 7.27. The lowest BCUT2D eigenvalue weighted by Gasteiger charge is -1.95. The summed E-state index contributed by atoms with van der Waals surface area (Å²) in [5, 5.41) is 6.49. The fourth-order valence-electron chi connectivity index (χ4n) is 0.207. The Morgan fingerprint density at radius 1 is 1.75 bits per heavy atom. The lowest BCUT2D eigenvalue weighted by molar-refractivity contribution is 0.157. The molecule has 48 valence electrons. The van der Waals surface area contributed by atoms with Crippen LogP contribution in [0.25, 0.3) is 0 Å². The Labute approximate surface area is 49.7 Å². The van der Waals surface area contributed by atoms with Crippen molar-refractivity contribution in [3.05, 3.63) is 0 Å². The molecule has 0 aliphatic rings. The number of amidine groups is 1. The van der Waals surface area contributed by atoms with E-state index in [0.29, 0.717) is 6.61 Å². The highest BCUT2D eigenvalue weighted by Crippen LogP contribution is 1.74. The van der Waals surface area contributed by atoms with Crippen LogP contribution >= 0.6 is 0 Å². The minimum atomic E-state index is 0.624. The molecule has 0 unspecified atom stereocenters. The van der Waals surface area contributed by atoms with E-state index in [-0.39, 0.29) is 0 Å². The molecule has 0 aliphatic carbocycles. The van der Waals surface area contributed by atoms with Gasteiger partial charge in [-0.15, -0.1) is 0 Å². The quantitative estimate of drug-likeness (QED) is 0.325. The molecule has 0 saturated heterocycles. The molecule has 8 heavy (non-hydrogen) atoms. The van der Waals surface area contributed by atoms with Crippen molar-refractivity contribution in [2.75, 3.05) is 13.7 Å². The van der Waals surface area contributed by atoms with Gasteiger partial charge in [-0.3, -0.25) is 0 Å². The van der Waals surface area contributed by atoms with Crippen molar-refractivity contribution in [3.63, 3.8) is 0 Å². The molecule has 0 aromatic carbocycles. The van der Waals surface area contributed by atoms with Gasteiger partial charge in [-0.2, -0.15) is 0 Å². The van der Waals surface area contributed by atoms with E-state index in [1.807, 2.05) is 13.8 Å². The summed E-state index contributed by atoms with van der Waals surface area (Å²) in [5.41, 5.74) is 0. The Morgan fingerprint density at radius 2 is 2.38 bits per heavy atom. The van der Waals surface area contributed by atoms with Crippen molar-refractivity contribution in [3.8, 4) is 0 Å². The molecule has 0 amide bonds. The van der Waals surface area contributed by atoms with Crippen molar-refractivity contribution in [1.29, 1.82) is 0 Å². The van der Waals surface area contributed by atoms with Crippen LogP contribution in [-0.2, 0) is 4.84 Å². The van der Waals surface area contributed by atoms with E-state index in [2.05, 4.69) is 10.5 Å². The minimum Gasteiger partial charge on any atom is -0.395 e. The van der Waals surface area contributed by atoms with Gasteiger partial charge in [0.05, 0.1) is 0 Å². The van der Waals surface area contributed by atoms with Crippen molar-refractivity contribution < 1.29 is 4.84 Å². The van der Waals surface area contributed by atoms with E-state index in [1.165, 1.54) is 0 Å². The third kappa shape index (κ3) is 3.46. The lowest BCUT2D eigenvalue weighted by atomic mass is 10.7. The van der Waals surface area contributed by atoms with Crippen molar-refractivity contribution in [1.82, 2.24) is 5.32 Å². The predicted molar refractivity (Wildman–Crippen MR) is 33.8 cm³/mol. The summed E-state index contributed by atoms with van der Waals surface area (Å²) in [4.78, 5) is 4.71. The van der Waals surface area contributed by atoms with Gasteiger partial charge in [0.25, 0.3) is 0 Å². The molecular formula is C5H12N2O. The fourth-order valence-corrected chi connectivity index (χ4v) is 0.207. The molecule has 0 rings (SSSR count).